The number of hydrogen-bond acceptors (Lipinski definition) is 7. The number of amides is 2. The number of rotatable bonds is 10. The molecule has 11 heteroatoms. The Hall–Kier alpha value is -3.18. The molecule has 29 heavy (non-hydrogen) atoms. The summed E-state index contributed by atoms with van der Waals surface area (Å²) in [5.41, 5.74) is 5.75. The third-order valence-electron chi connectivity index (χ3n) is 3.80. The quantitative estimate of drug-likeness (QED) is 0.452. The predicted octanol–water partition coefficient (Wildman–Crippen LogP) is -0.0526. The molecule has 0 fully saturated rings. The number of primary amides is 1. The topological polar surface area (TPSA) is 158 Å². The van der Waals surface area contributed by atoms with Crippen molar-refractivity contribution >= 4 is 27.8 Å². The molecule has 156 valence electrons. The molecule has 10 nitrogen and oxygen atoms in total. The smallest absolute Gasteiger partial charge is 0.374 e. The first-order valence-electron chi connectivity index (χ1n) is 8.53. The van der Waals surface area contributed by atoms with E-state index in [2.05, 4.69) is 14.8 Å². The van der Waals surface area contributed by atoms with Crippen molar-refractivity contribution in [1.82, 2.24) is 10.0 Å². The number of methoxy groups -OCH3 is 1. The van der Waals surface area contributed by atoms with E-state index in [9.17, 15) is 22.8 Å². The fraction of sp³-hybridized carbons (Fsp3) is 0.278. The normalized spacial score (nSPS) is 12.2. The summed E-state index contributed by atoms with van der Waals surface area (Å²) in [5.74, 6) is -2.37. The molecule has 0 spiro atoms. The number of benzene rings is 1. The lowest BCUT2D eigenvalue weighted by atomic mass is 10.1. The van der Waals surface area contributed by atoms with Crippen molar-refractivity contribution in [2.75, 3.05) is 13.7 Å². The molecule has 0 radical (unpaired) electrons. The average molecular weight is 423 g/mol. The van der Waals surface area contributed by atoms with Crippen molar-refractivity contribution in [3.05, 3.63) is 53.8 Å². The summed E-state index contributed by atoms with van der Waals surface area (Å²) in [6, 6.07) is 9.80. The van der Waals surface area contributed by atoms with Crippen molar-refractivity contribution in [3.8, 4) is 0 Å². The molecule has 2 amide bonds. The number of esters is 1. The number of nitrogens with one attached hydrogen (secondary N) is 2. The SMILES string of the molecule is COC(=O)c1ccc(S(=O)(=O)NC(Cc2ccccc2)C(=O)NCCC(N)=O)o1. The molecule has 0 saturated heterocycles. The molecule has 1 unspecified atom stereocenters. The van der Waals surface area contributed by atoms with Gasteiger partial charge in [-0.15, -0.1) is 0 Å². The zero-order chi connectivity index (χ0) is 21.4. The van der Waals surface area contributed by atoms with Gasteiger partial charge in [-0.25, -0.2) is 13.2 Å². The number of carbonyl (C=O) groups is 3. The number of furan rings is 1. The summed E-state index contributed by atoms with van der Waals surface area (Å²) in [6.45, 7) is -0.0333. The van der Waals surface area contributed by atoms with Gasteiger partial charge in [0.05, 0.1) is 7.11 Å². The van der Waals surface area contributed by atoms with Crippen molar-refractivity contribution < 1.29 is 32.0 Å². The van der Waals surface area contributed by atoms with Gasteiger partial charge in [0, 0.05) is 13.0 Å². The van der Waals surface area contributed by atoms with Crippen LogP contribution < -0.4 is 15.8 Å². The van der Waals surface area contributed by atoms with E-state index >= 15 is 0 Å². The van der Waals surface area contributed by atoms with Crippen LogP contribution in [0.1, 0.15) is 22.5 Å². The monoisotopic (exact) mass is 423 g/mol. The van der Waals surface area contributed by atoms with Crippen LogP contribution in [0, 0.1) is 0 Å². The third kappa shape index (κ3) is 6.43. The molecule has 4 N–H and O–H groups in total. The Morgan fingerprint density at radius 1 is 1.14 bits per heavy atom. The number of hydrogen-bond donors (Lipinski definition) is 3. The van der Waals surface area contributed by atoms with E-state index in [1.807, 2.05) is 0 Å². The Morgan fingerprint density at radius 3 is 2.45 bits per heavy atom. The lowest BCUT2D eigenvalue weighted by Crippen LogP contribution is -2.48. The number of sulfonamides is 1. The highest BCUT2D eigenvalue weighted by molar-refractivity contribution is 7.89. The Morgan fingerprint density at radius 2 is 1.83 bits per heavy atom. The maximum Gasteiger partial charge on any atom is 0.374 e. The van der Waals surface area contributed by atoms with E-state index in [0.29, 0.717) is 5.56 Å². The molecular weight excluding hydrogens is 402 g/mol. The lowest BCUT2D eigenvalue weighted by molar-refractivity contribution is -0.123. The lowest BCUT2D eigenvalue weighted by Gasteiger charge is -2.18. The van der Waals surface area contributed by atoms with Gasteiger partial charge in [0.15, 0.2) is 0 Å². The van der Waals surface area contributed by atoms with Gasteiger partial charge in [-0.1, -0.05) is 30.3 Å². The fourth-order valence-electron chi connectivity index (χ4n) is 2.39. The third-order valence-corrected chi connectivity index (χ3v) is 5.14. The van der Waals surface area contributed by atoms with Gasteiger partial charge < -0.3 is 20.2 Å². The van der Waals surface area contributed by atoms with E-state index in [1.165, 1.54) is 0 Å². The Bertz CT molecular complexity index is 970. The molecule has 1 aromatic heterocycles. The van der Waals surface area contributed by atoms with Crippen molar-refractivity contribution in [2.45, 2.75) is 24.0 Å². The van der Waals surface area contributed by atoms with Crippen LogP contribution in [0.4, 0.5) is 0 Å². The highest BCUT2D eigenvalue weighted by Gasteiger charge is 2.29. The second kappa shape index (κ2) is 9.85. The van der Waals surface area contributed by atoms with Crippen LogP contribution in [0.15, 0.2) is 52.0 Å². The van der Waals surface area contributed by atoms with Crippen LogP contribution in [0.5, 0.6) is 0 Å². The summed E-state index contributed by atoms with van der Waals surface area (Å²) in [4.78, 5) is 34.8. The molecule has 0 bridgehead atoms. The Labute approximate surface area is 167 Å². The molecule has 0 aliphatic carbocycles. The van der Waals surface area contributed by atoms with Gasteiger partial charge in [-0.3, -0.25) is 9.59 Å². The maximum atomic E-state index is 12.6. The molecule has 1 heterocycles. The van der Waals surface area contributed by atoms with E-state index in [4.69, 9.17) is 10.2 Å². The van der Waals surface area contributed by atoms with Gasteiger partial charge in [-0.05, 0) is 24.1 Å². The van der Waals surface area contributed by atoms with E-state index < -0.39 is 38.9 Å². The van der Waals surface area contributed by atoms with Crippen molar-refractivity contribution in [2.24, 2.45) is 5.73 Å². The number of nitrogens with two attached hydrogens (primary N) is 1. The summed E-state index contributed by atoms with van der Waals surface area (Å²) < 4.78 is 37.0. The summed E-state index contributed by atoms with van der Waals surface area (Å²) in [5, 5.41) is 1.93. The second-order valence-corrected chi connectivity index (χ2v) is 7.63. The standard InChI is InChI=1S/C18H21N3O7S/c1-27-18(24)14-7-8-16(28-14)29(25,26)21-13(11-12-5-3-2-4-6-12)17(23)20-10-9-15(19)22/h2-8,13,21H,9-11H2,1H3,(H2,19,22)(H,20,23). The van der Waals surface area contributed by atoms with Gasteiger partial charge >= 0.3 is 5.97 Å². The number of carbonyl (C=O) groups excluding carboxylic acids is 3. The summed E-state index contributed by atoms with van der Waals surface area (Å²) in [6.07, 6.45) is -0.0374. The molecule has 0 aliphatic rings. The molecule has 0 saturated carbocycles. The Kier molecular flexibility index (Phi) is 7.51. The van der Waals surface area contributed by atoms with E-state index in [1.54, 1.807) is 30.3 Å². The van der Waals surface area contributed by atoms with E-state index in [-0.39, 0.29) is 25.1 Å². The Balaban J connectivity index is 2.20. The fourth-order valence-corrected chi connectivity index (χ4v) is 3.52. The van der Waals surface area contributed by atoms with Crippen LogP contribution in [-0.4, -0.2) is 45.9 Å². The molecule has 2 aromatic rings. The predicted molar refractivity (Wildman–Crippen MR) is 101 cm³/mol. The van der Waals surface area contributed by atoms with Crippen LogP contribution in [0.3, 0.4) is 0 Å². The van der Waals surface area contributed by atoms with Gasteiger partial charge in [0.25, 0.3) is 10.0 Å². The first-order chi connectivity index (χ1) is 13.7. The van der Waals surface area contributed by atoms with E-state index in [0.717, 1.165) is 19.2 Å². The minimum absolute atomic E-state index is 0.0333. The molecule has 1 aromatic carbocycles. The summed E-state index contributed by atoms with van der Waals surface area (Å²) >= 11 is 0. The maximum absolute atomic E-state index is 12.6. The second-order valence-electron chi connectivity index (χ2n) is 5.98. The average Bonchev–Trinajstić information content (AvgIpc) is 3.18. The molecule has 0 aliphatic heterocycles. The molecule has 1 atom stereocenters. The summed E-state index contributed by atoms with van der Waals surface area (Å²) in [7, 11) is -3.14. The molecule has 2 rings (SSSR count). The zero-order valence-electron chi connectivity index (χ0n) is 15.6. The van der Waals surface area contributed by atoms with Crippen LogP contribution in [0.2, 0.25) is 0 Å². The van der Waals surface area contributed by atoms with Crippen LogP contribution in [-0.2, 0) is 30.8 Å². The molecular formula is C18H21N3O7S. The van der Waals surface area contributed by atoms with Crippen LogP contribution >= 0.6 is 0 Å². The van der Waals surface area contributed by atoms with Crippen LogP contribution in [0.25, 0.3) is 0 Å². The minimum Gasteiger partial charge on any atom is -0.463 e. The first-order valence-corrected chi connectivity index (χ1v) is 10.0. The highest BCUT2D eigenvalue weighted by Crippen LogP contribution is 2.16. The van der Waals surface area contributed by atoms with Gasteiger partial charge in [-0.2, -0.15) is 4.72 Å². The largest absolute Gasteiger partial charge is 0.463 e. The minimum atomic E-state index is -4.26. The van der Waals surface area contributed by atoms with Gasteiger partial charge in [0.2, 0.25) is 22.7 Å². The zero-order valence-corrected chi connectivity index (χ0v) is 16.4. The number of ether oxygens (including phenoxy) is 1. The van der Waals surface area contributed by atoms with Crippen molar-refractivity contribution in [3.63, 3.8) is 0 Å². The van der Waals surface area contributed by atoms with Crippen molar-refractivity contribution in [1.29, 1.82) is 0 Å². The first kappa shape index (κ1) is 22.1. The van der Waals surface area contributed by atoms with Gasteiger partial charge in [0.1, 0.15) is 6.04 Å². The highest BCUT2D eigenvalue weighted by atomic mass is 32.2.